The average Bonchev–Trinajstić information content (AvgIpc) is 2.34. The number of carbonyl (C=O) groups excluding carboxylic acids is 1. The first-order valence-electron chi connectivity index (χ1n) is 6.06. The third-order valence-corrected chi connectivity index (χ3v) is 2.64. The Morgan fingerprint density at radius 1 is 1.44 bits per heavy atom. The maximum absolute atomic E-state index is 11.6. The number of aliphatic hydroxyl groups is 1. The first kappa shape index (κ1) is 14.5. The van der Waals surface area contributed by atoms with E-state index in [0.717, 1.165) is 5.56 Å². The van der Waals surface area contributed by atoms with Crippen molar-refractivity contribution in [2.45, 2.75) is 20.8 Å². The van der Waals surface area contributed by atoms with Crippen molar-refractivity contribution in [2.24, 2.45) is 5.41 Å². The lowest BCUT2D eigenvalue weighted by Crippen LogP contribution is -2.35. The van der Waals surface area contributed by atoms with Crippen LogP contribution in [0.4, 0.5) is 0 Å². The molecule has 0 aliphatic heterocycles. The highest BCUT2D eigenvalue weighted by atomic mass is 16.3. The SMILES string of the molecule is Cc1cccc(/C=C/C(=O)NCC(C)(C)CO)c1. The fourth-order valence-electron chi connectivity index (χ4n) is 1.39. The summed E-state index contributed by atoms with van der Waals surface area (Å²) in [6, 6.07) is 7.94. The molecule has 1 aromatic rings. The van der Waals surface area contributed by atoms with E-state index in [1.165, 1.54) is 11.6 Å². The highest BCUT2D eigenvalue weighted by molar-refractivity contribution is 5.91. The lowest BCUT2D eigenvalue weighted by molar-refractivity contribution is -0.116. The summed E-state index contributed by atoms with van der Waals surface area (Å²) in [5.41, 5.74) is 1.89. The van der Waals surface area contributed by atoms with Crippen molar-refractivity contribution >= 4 is 12.0 Å². The van der Waals surface area contributed by atoms with Crippen LogP contribution in [0.15, 0.2) is 30.3 Å². The number of benzene rings is 1. The molecule has 0 unspecified atom stereocenters. The minimum atomic E-state index is -0.285. The summed E-state index contributed by atoms with van der Waals surface area (Å²) in [6.45, 7) is 6.33. The molecule has 3 heteroatoms. The average molecular weight is 247 g/mol. The van der Waals surface area contributed by atoms with Crippen molar-refractivity contribution in [3.8, 4) is 0 Å². The summed E-state index contributed by atoms with van der Waals surface area (Å²) in [6.07, 6.45) is 3.30. The zero-order chi connectivity index (χ0) is 13.6. The molecule has 3 nitrogen and oxygen atoms in total. The van der Waals surface area contributed by atoms with Crippen LogP contribution in [-0.4, -0.2) is 24.2 Å². The zero-order valence-electron chi connectivity index (χ0n) is 11.2. The van der Waals surface area contributed by atoms with Gasteiger partial charge in [-0.2, -0.15) is 0 Å². The van der Waals surface area contributed by atoms with Gasteiger partial charge in [0.05, 0.1) is 0 Å². The highest BCUT2D eigenvalue weighted by Gasteiger charge is 2.16. The lowest BCUT2D eigenvalue weighted by atomic mass is 9.95. The largest absolute Gasteiger partial charge is 0.396 e. The third-order valence-electron chi connectivity index (χ3n) is 2.64. The molecule has 0 saturated carbocycles. The fourth-order valence-corrected chi connectivity index (χ4v) is 1.39. The topological polar surface area (TPSA) is 49.3 Å². The van der Waals surface area contributed by atoms with Gasteiger partial charge < -0.3 is 10.4 Å². The van der Waals surface area contributed by atoms with E-state index in [2.05, 4.69) is 5.32 Å². The third kappa shape index (κ3) is 5.15. The van der Waals surface area contributed by atoms with Crippen LogP contribution in [0.25, 0.3) is 6.08 Å². The van der Waals surface area contributed by atoms with Gasteiger partial charge in [-0.3, -0.25) is 4.79 Å². The molecule has 0 aliphatic rings. The number of hydrogen-bond acceptors (Lipinski definition) is 2. The van der Waals surface area contributed by atoms with Crippen molar-refractivity contribution < 1.29 is 9.90 Å². The van der Waals surface area contributed by atoms with Gasteiger partial charge in [-0.15, -0.1) is 0 Å². The Bertz CT molecular complexity index is 436. The maximum atomic E-state index is 11.6. The van der Waals surface area contributed by atoms with Gasteiger partial charge in [0.15, 0.2) is 0 Å². The molecule has 0 atom stereocenters. The molecule has 1 amide bonds. The highest BCUT2D eigenvalue weighted by Crippen LogP contribution is 2.11. The van der Waals surface area contributed by atoms with Gasteiger partial charge in [-0.05, 0) is 18.6 Å². The Balaban J connectivity index is 2.50. The molecule has 0 spiro atoms. The molecule has 0 bridgehead atoms. The van der Waals surface area contributed by atoms with Crippen molar-refractivity contribution in [2.75, 3.05) is 13.2 Å². The van der Waals surface area contributed by atoms with Crippen molar-refractivity contribution in [1.29, 1.82) is 0 Å². The molecule has 1 rings (SSSR count). The smallest absolute Gasteiger partial charge is 0.244 e. The summed E-state index contributed by atoms with van der Waals surface area (Å²) in [5, 5.41) is 11.8. The molecule has 1 aromatic carbocycles. The predicted molar refractivity (Wildman–Crippen MR) is 74.1 cm³/mol. The summed E-state index contributed by atoms with van der Waals surface area (Å²) in [5.74, 6) is -0.141. The van der Waals surface area contributed by atoms with Crippen molar-refractivity contribution in [1.82, 2.24) is 5.32 Å². The van der Waals surface area contributed by atoms with Crippen LogP contribution in [0.3, 0.4) is 0 Å². The number of nitrogens with one attached hydrogen (secondary N) is 1. The van der Waals surface area contributed by atoms with Crippen molar-refractivity contribution in [3.05, 3.63) is 41.5 Å². The monoisotopic (exact) mass is 247 g/mol. The van der Waals surface area contributed by atoms with E-state index in [-0.39, 0.29) is 17.9 Å². The lowest BCUT2D eigenvalue weighted by Gasteiger charge is -2.21. The van der Waals surface area contributed by atoms with E-state index < -0.39 is 0 Å². The van der Waals surface area contributed by atoms with E-state index in [1.54, 1.807) is 6.08 Å². The molecular weight excluding hydrogens is 226 g/mol. The Morgan fingerprint density at radius 2 is 2.17 bits per heavy atom. The van der Waals surface area contributed by atoms with Crippen LogP contribution in [0.5, 0.6) is 0 Å². The molecule has 0 aliphatic carbocycles. The Hall–Kier alpha value is -1.61. The first-order chi connectivity index (χ1) is 8.43. The molecule has 18 heavy (non-hydrogen) atoms. The van der Waals surface area contributed by atoms with E-state index >= 15 is 0 Å². The van der Waals surface area contributed by atoms with Gasteiger partial charge in [0.25, 0.3) is 0 Å². The number of aliphatic hydroxyl groups excluding tert-OH is 1. The van der Waals surface area contributed by atoms with Gasteiger partial charge >= 0.3 is 0 Å². The number of hydrogen-bond donors (Lipinski definition) is 2. The van der Waals surface area contributed by atoms with E-state index in [1.807, 2.05) is 45.0 Å². The number of rotatable bonds is 5. The zero-order valence-corrected chi connectivity index (χ0v) is 11.2. The number of carbonyl (C=O) groups is 1. The quantitative estimate of drug-likeness (QED) is 0.783. The van der Waals surface area contributed by atoms with Gasteiger partial charge in [-0.25, -0.2) is 0 Å². The van der Waals surface area contributed by atoms with Crippen LogP contribution < -0.4 is 5.32 Å². The second-order valence-corrected chi connectivity index (χ2v) is 5.29. The second-order valence-electron chi connectivity index (χ2n) is 5.29. The predicted octanol–water partition coefficient (Wildman–Crippen LogP) is 2.14. The van der Waals surface area contributed by atoms with Gasteiger partial charge in [0.2, 0.25) is 5.91 Å². The Labute approximate surface area is 109 Å². The summed E-state index contributed by atoms with van der Waals surface area (Å²) in [7, 11) is 0. The summed E-state index contributed by atoms with van der Waals surface area (Å²) in [4.78, 5) is 11.6. The standard InChI is InChI=1S/C15H21NO2/c1-12-5-4-6-13(9-12)7-8-14(18)16-10-15(2,3)11-17/h4-9,17H,10-11H2,1-3H3,(H,16,18)/b8-7+. The second kappa shape index (κ2) is 6.36. The molecule has 0 heterocycles. The maximum Gasteiger partial charge on any atom is 0.244 e. The van der Waals surface area contributed by atoms with Crippen LogP contribution in [0.1, 0.15) is 25.0 Å². The summed E-state index contributed by atoms with van der Waals surface area (Å²) >= 11 is 0. The minimum absolute atomic E-state index is 0.0505. The Kier molecular flexibility index (Phi) is 5.10. The molecule has 2 N–H and O–H groups in total. The van der Waals surface area contributed by atoms with Gasteiger partial charge in [-0.1, -0.05) is 43.7 Å². The van der Waals surface area contributed by atoms with Crippen LogP contribution in [0.2, 0.25) is 0 Å². The van der Waals surface area contributed by atoms with Gasteiger partial charge in [0, 0.05) is 24.6 Å². The summed E-state index contributed by atoms with van der Waals surface area (Å²) < 4.78 is 0. The minimum Gasteiger partial charge on any atom is -0.396 e. The van der Waals surface area contributed by atoms with E-state index in [9.17, 15) is 4.79 Å². The molecule has 98 valence electrons. The molecule has 0 radical (unpaired) electrons. The number of amides is 1. The van der Waals surface area contributed by atoms with Gasteiger partial charge in [0.1, 0.15) is 0 Å². The van der Waals surface area contributed by atoms with E-state index in [4.69, 9.17) is 5.11 Å². The molecular formula is C15H21NO2. The normalized spacial score (nSPS) is 11.8. The first-order valence-corrected chi connectivity index (χ1v) is 6.06. The molecule has 0 saturated heterocycles. The molecule has 0 fully saturated rings. The molecule has 0 aromatic heterocycles. The van der Waals surface area contributed by atoms with Crippen LogP contribution >= 0.6 is 0 Å². The Morgan fingerprint density at radius 3 is 2.78 bits per heavy atom. The van der Waals surface area contributed by atoms with Crippen molar-refractivity contribution in [3.63, 3.8) is 0 Å². The fraction of sp³-hybridized carbons (Fsp3) is 0.400. The number of aryl methyl sites for hydroxylation is 1. The van der Waals surface area contributed by atoms with Crippen LogP contribution in [0, 0.1) is 12.3 Å². The van der Waals surface area contributed by atoms with Crippen LogP contribution in [-0.2, 0) is 4.79 Å². The van der Waals surface area contributed by atoms with E-state index in [0.29, 0.717) is 6.54 Å².